The number of nitrogens with zero attached hydrogens (tertiary/aromatic N) is 2. The molecule has 0 fully saturated rings. The van der Waals surface area contributed by atoms with Gasteiger partial charge in [-0.3, -0.25) is 0 Å². The fourth-order valence-electron chi connectivity index (χ4n) is 1.87. The van der Waals surface area contributed by atoms with Gasteiger partial charge in [0.25, 0.3) is 0 Å². The number of benzene rings is 1. The van der Waals surface area contributed by atoms with Crippen LogP contribution in [0.2, 0.25) is 5.02 Å². The van der Waals surface area contributed by atoms with Crippen molar-refractivity contribution in [2.75, 3.05) is 6.54 Å². The molecule has 0 spiro atoms. The third-order valence-corrected chi connectivity index (χ3v) is 5.19. The number of rotatable bonds is 6. The summed E-state index contributed by atoms with van der Waals surface area (Å²) in [6.45, 7) is 5.33. The number of aromatic nitrogens is 2. The number of hydrogen-bond donors (Lipinski definition) is 1. The highest BCUT2D eigenvalue weighted by Crippen LogP contribution is 2.32. The Balaban J connectivity index is 2.25. The zero-order valence-corrected chi connectivity index (χ0v) is 15.2. The summed E-state index contributed by atoms with van der Waals surface area (Å²) in [7, 11) is 0. The fourth-order valence-corrected chi connectivity index (χ4v) is 3.85. The van der Waals surface area contributed by atoms with E-state index in [9.17, 15) is 0 Å². The SMILES string of the molecule is CCCNC(CC)c1nnc(-c2cc(Cl)ccc2I)s1. The Morgan fingerprint density at radius 1 is 1.35 bits per heavy atom. The first-order valence-corrected chi connectivity index (χ1v) is 8.95. The standard InChI is InChI=1S/C14H17ClIN3S/c1-3-7-17-12(4-2)14-19-18-13(20-14)10-8-9(15)5-6-11(10)16/h5-6,8,12,17H,3-4,7H2,1-2H3. The first kappa shape index (κ1) is 16.1. The van der Waals surface area contributed by atoms with E-state index in [0.717, 1.165) is 43.6 Å². The summed E-state index contributed by atoms with van der Waals surface area (Å²) < 4.78 is 1.14. The van der Waals surface area contributed by atoms with Crippen molar-refractivity contribution in [3.63, 3.8) is 0 Å². The lowest BCUT2D eigenvalue weighted by molar-refractivity contribution is 0.513. The molecule has 3 nitrogen and oxygen atoms in total. The second-order valence-electron chi connectivity index (χ2n) is 4.48. The van der Waals surface area contributed by atoms with E-state index in [1.54, 1.807) is 11.3 Å². The van der Waals surface area contributed by atoms with Crippen molar-refractivity contribution in [1.82, 2.24) is 15.5 Å². The van der Waals surface area contributed by atoms with Gasteiger partial charge in [0, 0.05) is 14.2 Å². The van der Waals surface area contributed by atoms with Gasteiger partial charge in [0.2, 0.25) is 0 Å². The molecular weight excluding hydrogens is 405 g/mol. The lowest BCUT2D eigenvalue weighted by Gasteiger charge is -2.12. The van der Waals surface area contributed by atoms with Crippen LogP contribution in [0.3, 0.4) is 0 Å². The number of hydrogen-bond acceptors (Lipinski definition) is 4. The van der Waals surface area contributed by atoms with E-state index in [0.29, 0.717) is 0 Å². The summed E-state index contributed by atoms with van der Waals surface area (Å²) >= 11 is 10.0. The molecule has 1 heterocycles. The van der Waals surface area contributed by atoms with Gasteiger partial charge < -0.3 is 5.32 Å². The van der Waals surface area contributed by atoms with Gasteiger partial charge in [0.05, 0.1) is 6.04 Å². The predicted octanol–water partition coefficient (Wildman–Crippen LogP) is 4.91. The van der Waals surface area contributed by atoms with E-state index < -0.39 is 0 Å². The minimum absolute atomic E-state index is 0.290. The van der Waals surface area contributed by atoms with Gasteiger partial charge in [-0.15, -0.1) is 10.2 Å². The monoisotopic (exact) mass is 421 g/mol. The molecule has 6 heteroatoms. The van der Waals surface area contributed by atoms with Crippen LogP contribution in [-0.2, 0) is 0 Å². The van der Waals surface area contributed by atoms with Crippen LogP contribution >= 0.6 is 45.5 Å². The molecule has 20 heavy (non-hydrogen) atoms. The molecule has 0 bridgehead atoms. The molecule has 0 amide bonds. The Labute approximate surface area is 142 Å². The molecule has 1 aromatic heterocycles. The van der Waals surface area contributed by atoms with Crippen molar-refractivity contribution in [2.24, 2.45) is 0 Å². The second kappa shape index (κ2) is 7.68. The molecule has 1 atom stereocenters. The third-order valence-electron chi connectivity index (χ3n) is 2.95. The zero-order chi connectivity index (χ0) is 14.5. The molecule has 1 aromatic carbocycles. The molecule has 0 aliphatic rings. The highest BCUT2D eigenvalue weighted by atomic mass is 127. The van der Waals surface area contributed by atoms with Crippen molar-refractivity contribution in [3.8, 4) is 10.6 Å². The van der Waals surface area contributed by atoms with E-state index in [4.69, 9.17) is 11.6 Å². The van der Waals surface area contributed by atoms with Gasteiger partial charge in [-0.05, 0) is 60.2 Å². The summed E-state index contributed by atoms with van der Waals surface area (Å²) in [6.07, 6.45) is 2.13. The smallest absolute Gasteiger partial charge is 0.148 e. The van der Waals surface area contributed by atoms with Crippen molar-refractivity contribution in [1.29, 1.82) is 0 Å². The average Bonchev–Trinajstić information content (AvgIpc) is 2.92. The normalized spacial score (nSPS) is 12.6. The largest absolute Gasteiger partial charge is 0.308 e. The molecule has 1 unspecified atom stereocenters. The molecule has 0 saturated carbocycles. The lowest BCUT2D eigenvalue weighted by atomic mass is 10.2. The second-order valence-corrected chi connectivity index (χ2v) is 7.09. The minimum Gasteiger partial charge on any atom is -0.308 e. The Kier molecular flexibility index (Phi) is 6.20. The summed E-state index contributed by atoms with van der Waals surface area (Å²) in [5.41, 5.74) is 1.06. The van der Waals surface area contributed by atoms with Crippen LogP contribution in [0.1, 0.15) is 37.7 Å². The molecule has 0 saturated heterocycles. The van der Waals surface area contributed by atoms with Crippen LogP contribution in [0.5, 0.6) is 0 Å². The van der Waals surface area contributed by atoms with Gasteiger partial charge >= 0.3 is 0 Å². The molecule has 0 aliphatic carbocycles. The van der Waals surface area contributed by atoms with E-state index >= 15 is 0 Å². The Morgan fingerprint density at radius 2 is 2.15 bits per heavy atom. The topological polar surface area (TPSA) is 37.8 Å². The van der Waals surface area contributed by atoms with Crippen LogP contribution in [0, 0.1) is 3.57 Å². The van der Waals surface area contributed by atoms with Gasteiger partial charge in [0.1, 0.15) is 10.0 Å². The van der Waals surface area contributed by atoms with Gasteiger partial charge in [-0.2, -0.15) is 0 Å². The quantitative estimate of drug-likeness (QED) is 0.673. The third kappa shape index (κ3) is 3.90. The van der Waals surface area contributed by atoms with Crippen LogP contribution in [0.15, 0.2) is 18.2 Å². The molecule has 2 rings (SSSR count). The fraction of sp³-hybridized carbons (Fsp3) is 0.429. The maximum Gasteiger partial charge on any atom is 0.148 e. The predicted molar refractivity (Wildman–Crippen MR) is 94.4 cm³/mol. The lowest BCUT2D eigenvalue weighted by Crippen LogP contribution is -2.21. The summed E-state index contributed by atoms with van der Waals surface area (Å²) in [4.78, 5) is 0. The van der Waals surface area contributed by atoms with Crippen molar-refractivity contribution >= 4 is 45.5 Å². The Hall–Kier alpha value is -0.240. The molecule has 2 aromatic rings. The van der Waals surface area contributed by atoms with E-state index in [-0.39, 0.29) is 6.04 Å². The Morgan fingerprint density at radius 3 is 2.85 bits per heavy atom. The van der Waals surface area contributed by atoms with Crippen LogP contribution in [0.25, 0.3) is 10.6 Å². The molecule has 108 valence electrons. The maximum absolute atomic E-state index is 6.07. The van der Waals surface area contributed by atoms with E-state index in [1.807, 2.05) is 18.2 Å². The average molecular weight is 422 g/mol. The summed E-state index contributed by atoms with van der Waals surface area (Å²) in [6, 6.07) is 6.14. The first-order chi connectivity index (χ1) is 9.65. The minimum atomic E-state index is 0.290. The van der Waals surface area contributed by atoms with Gasteiger partial charge in [0.15, 0.2) is 0 Å². The first-order valence-electron chi connectivity index (χ1n) is 6.67. The number of nitrogens with one attached hydrogen (secondary N) is 1. The molecular formula is C14H17ClIN3S. The van der Waals surface area contributed by atoms with E-state index in [1.165, 1.54) is 0 Å². The van der Waals surface area contributed by atoms with Gasteiger partial charge in [-0.25, -0.2) is 0 Å². The van der Waals surface area contributed by atoms with Gasteiger partial charge in [-0.1, -0.05) is 36.8 Å². The Bertz CT molecular complexity index is 573. The molecule has 1 N–H and O–H groups in total. The summed E-state index contributed by atoms with van der Waals surface area (Å²) in [5, 5.41) is 14.9. The van der Waals surface area contributed by atoms with E-state index in [2.05, 4.69) is 52.0 Å². The van der Waals surface area contributed by atoms with Crippen molar-refractivity contribution in [3.05, 3.63) is 31.8 Å². The molecule has 0 radical (unpaired) electrons. The highest BCUT2D eigenvalue weighted by molar-refractivity contribution is 14.1. The molecule has 0 aliphatic heterocycles. The summed E-state index contributed by atoms with van der Waals surface area (Å²) in [5.74, 6) is 0. The zero-order valence-electron chi connectivity index (χ0n) is 11.5. The maximum atomic E-state index is 6.07. The van der Waals surface area contributed by atoms with Crippen LogP contribution in [-0.4, -0.2) is 16.7 Å². The van der Waals surface area contributed by atoms with Crippen LogP contribution in [0.4, 0.5) is 0 Å². The van der Waals surface area contributed by atoms with Crippen LogP contribution < -0.4 is 5.32 Å². The number of halogens is 2. The highest BCUT2D eigenvalue weighted by Gasteiger charge is 2.16. The van der Waals surface area contributed by atoms with Crippen molar-refractivity contribution < 1.29 is 0 Å². The van der Waals surface area contributed by atoms with Crippen molar-refractivity contribution in [2.45, 2.75) is 32.7 Å².